The normalized spacial score (nSPS) is 49.3. The highest BCUT2D eigenvalue weighted by Gasteiger charge is 2.53. The van der Waals surface area contributed by atoms with Crippen molar-refractivity contribution in [2.75, 3.05) is 0 Å². The fraction of sp³-hybridized carbons (Fsp3) is 0.909. The molecule has 8 atom stereocenters. The molecule has 126 valence electrons. The van der Waals surface area contributed by atoms with Crippen LogP contribution in [0.4, 0.5) is 0 Å². The van der Waals surface area contributed by atoms with Crippen molar-refractivity contribution in [3.8, 4) is 0 Å². The highest BCUT2D eigenvalue weighted by atomic mass is 14.6. The average molecular weight is 303 g/mol. The Morgan fingerprint density at radius 3 is 2.50 bits per heavy atom. The minimum atomic E-state index is 0.605. The molecule has 0 aromatic heterocycles. The highest BCUT2D eigenvalue weighted by molar-refractivity contribution is 5.04. The van der Waals surface area contributed by atoms with Crippen LogP contribution in [0.1, 0.15) is 79.1 Å². The zero-order valence-corrected chi connectivity index (χ0v) is 15.5. The van der Waals surface area contributed by atoms with Crippen LogP contribution in [0, 0.1) is 46.8 Å². The van der Waals surface area contributed by atoms with Crippen molar-refractivity contribution in [3.63, 3.8) is 0 Å². The first-order valence-electron chi connectivity index (χ1n) is 10.2. The molecular weight excluding hydrogens is 264 g/mol. The lowest BCUT2D eigenvalue weighted by Crippen LogP contribution is -2.49. The van der Waals surface area contributed by atoms with E-state index >= 15 is 0 Å². The molecule has 0 amide bonds. The van der Waals surface area contributed by atoms with Crippen molar-refractivity contribution in [2.24, 2.45) is 46.8 Å². The molecule has 0 aliphatic heterocycles. The van der Waals surface area contributed by atoms with Crippen molar-refractivity contribution < 1.29 is 0 Å². The van der Waals surface area contributed by atoms with Crippen LogP contribution in [0.25, 0.3) is 0 Å². The van der Waals surface area contributed by atoms with Crippen molar-refractivity contribution in [2.45, 2.75) is 79.1 Å². The van der Waals surface area contributed by atoms with Gasteiger partial charge in [-0.25, -0.2) is 0 Å². The number of hydrogen-bond donors (Lipinski definition) is 0. The van der Waals surface area contributed by atoms with Gasteiger partial charge in [0.2, 0.25) is 0 Å². The SMILES string of the molecule is C=CC1CC2CCC3C(CCC(C)(C(C)CC)C3CC)C2C1. The van der Waals surface area contributed by atoms with E-state index in [1.54, 1.807) is 0 Å². The van der Waals surface area contributed by atoms with Gasteiger partial charge in [-0.3, -0.25) is 0 Å². The summed E-state index contributed by atoms with van der Waals surface area (Å²) >= 11 is 0. The molecule has 3 aliphatic rings. The van der Waals surface area contributed by atoms with E-state index in [1.165, 1.54) is 51.4 Å². The topological polar surface area (TPSA) is 0 Å². The van der Waals surface area contributed by atoms with Gasteiger partial charge in [0.05, 0.1) is 0 Å². The van der Waals surface area contributed by atoms with Crippen LogP contribution in [0.2, 0.25) is 0 Å². The van der Waals surface area contributed by atoms with Gasteiger partial charge in [0.1, 0.15) is 0 Å². The summed E-state index contributed by atoms with van der Waals surface area (Å²) in [5.74, 6) is 6.85. The molecule has 3 rings (SSSR count). The van der Waals surface area contributed by atoms with Gasteiger partial charge in [0.15, 0.2) is 0 Å². The first kappa shape index (κ1) is 16.6. The number of fused-ring (bicyclic) bond motifs is 3. The fourth-order valence-electron chi connectivity index (χ4n) is 7.12. The largest absolute Gasteiger partial charge is 0.103 e. The van der Waals surface area contributed by atoms with Crippen molar-refractivity contribution in [3.05, 3.63) is 12.7 Å². The zero-order valence-electron chi connectivity index (χ0n) is 15.5. The Morgan fingerprint density at radius 1 is 1.09 bits per heavy atom. The van der Waals surface area contributed by atoms with Crippen LogP contribution >= 0.6 is 0 Å². The third kappa shape index (κ3) is 2.49. The second-order valence-corrected chi connectivity index (χ2v) is 9.16. The molecule has 0 nitrogen and oxygen atoms in total. The molecule has 0 heteroatoms. The summed E-state index contributed by atoms with van der Waals surface area (Å²) in [6, 6.07) is 0. The predicted octanol–water partition coefficient (Wildman–Crippen LogP) is 6.71. The first-order valence-corrected chi connectivity index (χ1v) is 10.2. The maximum Gasteiger partial charge on any atom is -0.0231 e. The molecule has 3 fully saturated rings. The van der Waals surface area contributed by atoms with E-state index in [1.807, 2.05) is 0 Å². The van der Waals surface area contributed by atoms with E-state index in [-0.39, 0.29) is 0 Å². The Bertz CT molecular complexity index is 397. The summed E-state index contributed by atoms with van der Waals surface area (Å²) in [7, 11) is 0. The minimum absolute atomic E-state index is 0.605. The van der Waals surface area contributed by atoms with Gasteiger partial charge in [-0.1, -0.05) is 46.6 Å². The van der Waals surface area contributed by atoms with Crippen molar-refractivity contribution in [1.82, 2.24) is 0 Å². The van der Waals surface area contributed by atoms with Gasteiger partial charge in [-0.15, -0.1) is 6.58 Å². The van der Waals surface area contributed by atoms with E-state index in [9.17, 15) is 0 Å². The van der Waals surface area contributed by atoms with Crippen LogP contribution in [0.15, 0.2) is 12.7 Å². The van der Waals surface area contributed by atoms with Crippen LogP contribution in [-0.4, -0.2) is 0 Å². The molecule has 0 aromatic rings. The van der Waals surface area contributed by atoms with Crippen LogP contribution in [-0.2, 0) is 0 Å². The lowest BCUT2D eigenvalue weighted by Gasteiger charge is -2.56. The van der Waals surface area contributed by atoms with Crippen molar-refractivity contribution >= 4 is 0 Å². The number of allylic oxidation sites excluding steroid dienone is 1. The maximum absolute atomic E-state index is 4.09. The summed E-state index contributed by atoms with van der Waals surface area (Å²) < 4.78 is 0. The van der Waals surface area contributed by atoms with Gasteiger partial charge in [0, 0.05) is 0 Å². The van der Waals surface area contributed by atoms with Crippen molar-refractivity contribution in [1.29, 1.82) is 0 Å². The highest BCUT2D eigenvalue weighted by Crippen LogP contribution is 2.61. The summed E-state index contributed by atoms with van der Waals surface area (Å²) in [6.07, 6.45) is 14.0. The molecule has 3 saturated carbocycles. The summed E-state index contributed by atoms with van der Waals surface area (Å²) in [6.45, 7) is 14.1. The molecule has 0 saturated heterocycles. The third-order valence-corrected chi connectivity index (χ3v) is 8.65. The lowest BCUT2D eigenvalue weighted by atomic mass is 9.49. The van der Waals surface area contributed by atoms with Crippen LogP contribution < -0.4 is 0 Å². The molecule has 0 spiro atoms. The number of hydrogen-bond acceptors (Lipinski definition) is 0. The van der Waals surface area contributed by atoms with Gasteiger partial charge < -0.3 is 0 Å². The van der Waals surface area contributed by atoms with Crippen LogP contribution in [0.3, 0.4) is 0 Å². The molecule has 0 aromatic carbocycles. The summed E-state index contributed by atoms with van der Waals surface area (Å²) in [4.78, 5) is 0. The molecule has 0 radical (unpaired) electrons. The summed E-state index contributed by atoms with van der Waals surface area (Å²) in [5.41, 5.74) is 0.605. The van der Waals surface area contributed by atoms with Gasteiger partial charge in [-0.05, 0) is 85.4 Å². The Kier molecular flexibility index (Phi) is 4.77. The smallest absolute Gasteiger partial charge is 0.0231 e. The van der Waals surface area contributed by atoms with E-state index in [0.29, 0.717) is 5.41 Å². The number of rotatable bonds is 4. The van der Waals surface area contributed by atoms with Gasteiger partial charge >= 0.3 is 0 Å². The van der Waals surface area contributed by atoms with Gasteiger partial charge in [0.25, 0.3) is 0 Å². The van der Waals surface area contributed by atoms with E-state index in [4.69, 9.17) is 0 Å². The fourth-order valence-corrected chi connectivity index (χ4v) is 7.12. The average Bonchev–Trinajstić information content (AvgIpc) is 2.97. The Morgan fingerprint density at radius 2 is 1.86 bits per heavy atom. The molecule has 0 N–H and O–H groups in total. The second kappa shape index (κ2) is 6.33. The first-order chi connectivity index (χ1) is 10.5. The second-order valence-electron chi connectivity index (χ2n) is 9.16. The van der Waals surface area contributed by atoms with Crippen LogP contribution in [0.5, 0.6) is 0 Å². The molecule has 22 heavy (non-hydrogen) atoms. The van der Waals surface area contributed by atoms with E-state index in [2.05, 4.69) is 40.3 Å². The Balaban J connectivity index is 1.81. The third-order valence-electron chi connectivity index (χ3n) is 8.65. The van der Waals surface area contributed by atoms with Gasteiger partial charge in [-0.2, -0.15) is 0 Å². The Labute approximate surface area is 139 Å². The lowest BCUT2D eigenvalue weighted by molar-refractivity contribution is -0.0723. The molecular formula is C22H38. The van der Waals surface area contributed by atoms with E-state index in [0.717, 1.165) is 41.4 Å². The zero-order chi connectivity index (χ0) is 15.9. The standard InChI is InChI=1S/C22H38/c1-6-15(4)22(5)12-11-18-19(21(22)8-3)10-9-17-13-16(7-2)14-20(17)18/h7,15-21H,2,6,8-14H2,1,3-5H3. The molecule has 3 aliphatic carbocycles. The molecule has 0 bridgehead atoms. The predicted molar refractivity (Wildman–Crippen MR) is 96.7 cm³/mol. The maximum atomic E-state index is 4.09. The monoisotopic (exact) mass is 302 g/mol. The molecule has 0 heterocycles. The summed E-state index contributed by atoms with van der Waals surface area (Å²) in [5, 5.41) is 0. The Hall–Kier alpha value is -0.260. The quantitative estimate of drug-likeness (QED) is 0.506. The van der Waals surface area contributed by atoms with E-state index < -0.39 is 0 Å². The molecule has 8 unspecified atom stereocenters. The minimum Gasteiger partial charge on any atom is -0.103 e.